The lowest BCUT2D eigenvalue weighted by Gasteiger charge is -2.38. The molecule has 3 rings (SSSR count). The first kappa shape index (κ1) is 16.7. The predicted octanol–water partition coefficient (Wildman–Crippen LogP) is 6.38. The van der Waals surface area contributed by atoms with E-state index in [2.05, 4.69) is 19.1 Å². The molecule has 0 heterocycles. The van der Waals surface area contributed by atoms with Gasteiger partial charge < -0.3 is 0 Å². The Bertz CT molecular complexity index is 499. The van der Waals surface area contributed by atoms with Gasteiger partial charge in [-0.2, -0.15) is 0 Å². The zero-order chi connectivity index (χ0) is 16.2. The SMILES string of the molecule is CCC1CCC(C2CCC(c3ccc(C(C)=O)cc3)CC2)CC1. The highest BCUT2D eigenvalue weighted by molar-refractivity contribution is 5.94. The van der Waals surface area contributed by atoms with Gasteiger partial charge in [0.25, 0.3) is 0 Å². The number of Topliss-reactive ketones (excluding diaryl/α,β-unsaturated/α-hetero) is 1. The molecule has 0 N–H and O–H groups in total. The van der Waals surface area contributed by atoms with Crippen LogP contribution >= 0.6 is 0 Å². The fourth-order valence-electron chi connectivity index (χ4n) is 4.98. The first-order valence-corrected chi connectivity index (χ1v) is 9.78. The van der Waals surface area contributed by atoms with Gasteiger partial charge in [-0.05, 0) is 74.7 Å². The molecule has 0 atom stereocenters. The second-order valence-corrected chi connectivity index (χ2v) is 7.98. The van der Waals surface area contributed by atoms with Crippen molar-refractivity contribution < 1.29 is 4.79 Å². The molecule has 0 unspecified atom stereocenters. The Hall–Kier alpha value is -1.11. The molecule has 0 aromatic heterocycles. The Labute approximate surface area is 141 Å². The number of benzene rings is 1. The van der Waals surface area contributed by atoms with Crippen LogP contribution in [0.2, 0.25) is 0 Å². The van der Waals surface area contributed by atoms with Gasteiger partial charge in [-0.3, -0.25) is 4.79 Å². The Morgan fingerprint density at radius 1 is 0.870 bits per heavy atom. The zero-order valence-corrected chi connectivity index (χ0v) is 14.9. The van der Waals surface area contributed by atoms with Crippen LogP contribution in [0.1, 0.15) is 93.5 Å². The maximum absolute atomic E-state index is 11.4. The van der Waals surface area contributed by atoms with Crippen LogP contribution < -0.4 is 0 Å². The van der Waals surface area contributed by atoms with Gasteiger partial charge in [0.15, 0.2) is 5.78 Å². The molecule has 2 fully saturated rings. The largest absolute Gasteiger partial charge is 0.295 e. The Morgan fingerprint density at radius 2 is 1.39 bits per heavy atom. The molecule has 1 nitrogen and oxygen atoms in total. The van der Waals surface area contributed by atoms with Gasteiger partial charge in [0, 0.05) is 5.56 Å². The molecule has 0 radical (unpaired) electrons. The molecule has 1 aromatic rings. The first-order valence-electron chi connectivity index (χ1n) is 9.78. The third kappa shape index (κ3) is 4.05. The second kappa shape index (κ2) is 7.64. The number of ketones is 1. The number of carbonyl (C=O) groups is 1. The zero-order valence-electron chi connectivity index (χ0n) is 14.9. The highest BCUT2D eigenvalue weighted by Gasteiger charge is 2.30. The molecule has 0 aliphatic heterocycles. The van der Waals surface area contributed by atoms with Crippen LogP contribution in [-0.2, 0) is 0 Å². The highest BCUT2D eigenvalue weighted by atomic mass is 16.1. The summed E-state index contributed by atoms with van der Waals surface area (Å²) in [7, 11) is 0. The molecule has 1 heteroatoms. The molecule has 0 amide bonds. The minimum absolute atomic E-state index is 0.169. The van der Waals surface area contributed by atoms with Crippen molar-refractivity contribution in [2.24, 2.45) is 17.8 Å². The average molecular weight is 312 g/mol. The summed E-state index contributed by atoms with van der Waals surface area (Å²) in [5, 5.41) is 0. The molecule has 0 saturated heterocycles. The van der Waals surface area contributed by atoms with Crippen LogP contribution in [0.3, 0.4) is 0 Å². The summed E-state index contributed by atoms with van der Waals surface area (Å²) in [5.74, 6) is 3.91. The molecule has 0 bridgehead atoms. The quantitative estimate of drug-likeness (QED) is 0.589. The smallest absolute Gasteiger partial charge is 0.159 e. The van der Waals surface area contributed by atoms with Gasteiger partial charge in [0.2, 0.25) is 0 Å². The van der Waals surface area contributed by atoms with Crippen molar-refractivity contribution in [3.63, 3.8) is 0 Å². The minimum atomic E-state index is 0.169. The third-order valence-corrected chi connectivity index (χ3v) is 6.70. The molecule has 23 heavy (non-hydrogen) atoms. The van der Waals surface area contributed by atoms with E-state index in [-0.39, 0.29) is 5.78 Å². The van der Waals surface area contributed by atoms with Crippen LogP contribution in [0, 0.1) is 17.8 Å². The lowest BCUT2D eigenvalue weighted by atomic mass is 9.68. The second-order valence-electron chi connectivity index (χ2n) is 7.98. The van der Waals surface area contributed by atoms with Crippen molar-refractivity contribution in [1.29, 1.82) is 0 Å². The van der Waals surface area contributed by atoms with Crippen LogP contribution in [0.15, 0.2) is 24.3 Å². The summed E-state index contributed by atoms with van der Waals surface area (Å²) in [6.45, 7) is 4.00. The van der Waals surface area contributed by atoms with Gasteiger partial charge in [-0.1, -0.05) is 50.5 Å². The van der Waals surface area contributed by atoms with Crippen molar-refractivity contribution in [3.05, 3.63) is 35.4 Å². The van der Waals surface area contributed by atoms with Crippen LogP contribution in [0.5, 0.6) is 0 Å². The number of rotatable bonds is 4. The molecular formula is C22H32O. The third-order valence-electron chi connectivity index (χ3n) is 6.70. The minimum Gasteiger partial charge on any atom is -0.295 e. The van der Waals surface area contributed by atoms with E-state index in [0.717, 1.165) is 29.2 Å². The number of hydrogen-bond donors (Lipinski definition) is 0. The highest BCUT2D eigenvalue weighted by Crippen LogP contribution is 2.44. The lowest BCUT2D eigenvalue weighted by Crippen LogP contribution is -2.25. The van der Waals surface area contributed by atoms with Gasteiger partial charge in [-0.15, -0.1) is 0 Å². The molecular weight excluding hydrogens is 280 g/mol. The van der Waals surface area contributed by atoms with Crippen molar-refractivity contribution >= 4 is 5.78 Å². The van der Waals surface area contributed by atoms with Crippen LogP contribution in [0.4, 0.5) is 0 Å². The summed E-state index contributed by atoms with van der Waals surface area (Å²) >= 11 is 0. The molecule has 0 spiro atoms. The van der Waals surface area contributed by atoms with E-state index in [4.69, 9.17) is 0 Å². The van der Waals surface area contributed by atoms with Crippen LogP contribution in [-0.4, -0.2) is 5.78 Å². The van der Waals surface area contributed by atoms with E-state index >= 15 is 0 Å². The standard InChI is InChI=1S/C22H32O/c1-3-17-4-6-19(7-5-17)21-12-14-22(15-13-21)20-10-8-18(9-11-20)16(2)23/h8-11,17,19,21-22H,3-7,12-15H2,1-2H3. The summed E-state index contributed by atoms with van der Waals surface area (Å²) in [5.41, 5.74) is 2.29. The van der Waals surface area contributed by atoms with Crippen molar-refractivity contribution in [2.75, 3.05) is 0 Å². The fraction of sp³-hybridized carbons (Fsp3) is 0.682. The average Bonchev–Trinajstić information content (AvgIpc) is 2.62. The number of hydrogen-bond acceptors (Lipinski definition) is 1. The van der Waals surface area contributed by atoms with Gasteiger partial charge in [0.05, 0.1) is 0 Å². The number of carbonyl (C=O) groups excluding carboxylic acids is 1. The summed E-state index contributed by atoms with van der Waals surface area (Å²) < 4.78 is 0. The topological polar surface area (TPSA) is 17.1 Å². The molecule has 2 aliphatic rings. The Morgan fingerprint density at radius 3 is 1.87 bits per heavy atom. The van der Waals surface area contributed by atoms with Crippen molar-refractivity contribution in [3.8, 4) is 0 Å². The molecule has 2 aliphatic carbocycles. The summed E-state index contributed by atoms with van der Waals surface area (Å²) in [6.07, 6.45) is 12.8. The van der Waals surface area contributed by atoms with E-state index in [0.29, 0.717) is 0 Å². The summed E-state index contributed by atoms with van der Waals surface area (Å²) in [6, 6.07) is 8.40. The maximum Gasteiger partial charge on any atom is 0.159 e. The van der Waals surface area contributed by atoms with E-state index in [1.54, 1.807) is 6.92 Å². The Kier molecular flexibility index (Phi) is 5.56. The van der Waals surface area contributed by atoms with Gasteiger partial charge in [0.1, 0.15) is 0 Å². The van der Waals surface area contributed by atoms with E-state index in [9.17, 15) is 4.79 Å². The maximum atomic E-state index is 11.4. The Balaban J connectivity index is 1.51. The lowest BCUT2D eigenvalue weighted by molar-refractivity contribution is 0.101. The van der Waals surface area contributed by atoms with Gasteiger partial charge in [-0.25, -0.2) is 0 Å². The van der Waals surface area contributed by atoms with Crippen molar-refractivity contribution in [1.82, 2.24) is 0 Å². The summed E-state index contributed by atoms with van der Waals surface area (Å²) in [4.78, 5) is 11.4. The molecule has 1 aromatic carbocycles. The monoisotopic (exact) mass is 312 g/mol. The van der Waals surface area contributed by atoms with E-state index in [1.165, 1.54) is 63.4 Å². The van der Waals surface area contributed by atoms with Gasteiger partial charge >= 0.3 is 0 Å². The fourth-order valence-corrected chi connectivity index (χ4v) is 4.98. The molecule has 2 saturated carbocycles. The predicted molar refractivity (Wildman–Crippen MR) is 96.9 cm³/mol. The molecule has 126 valence electrons. The first-order chi connectivity index (χ1) is 11.2. The van der Waals surface area contributed by atoms with E-state index < -0.39 is 0 Å². The van der Waals surface area contributed by atoms with Crippen LogP contribution in [0.25, 0.3) is 0 Å². The van der Waals surface area contributed by atoms with E-state index in [1.807, 2.05) is 12.1 Å². The van der Waals surface area contributed by atoms with Crippen molar-refractivity contribution in [2.45, 2.75) is 77.6 Å². The normalized spacial score (nSPS) is 31.7.